The maximum atomic E-state index is 12.1. The van der Waals surface area contributed by atoms with Gasteiger partial charge < -0.3 is 4.74 Å². The molecule has 1 heterocycles. The maximum Gasteiger partial charge on any atom is 0.573 e. The number of aromatic nitrogens is 2. The molecule has 0 saturated carbocycles. The van der Waals surface area contributed by atoms with Gasteiger partial charge in [-0.15, -0.1) is 23.4 Å². The van der Waals surface area contributed by atoms with Crippen molar-refractivity contribution in [3.05, 3.63) is 41.0 Å². The Labute approximate surface area is 113 Å². The molecule has 0 aliphatic carbocycles. The summed E-state index contributed by atoms with van der Waals surface area (Å²) in [7, 11) is 0. The zero-order valence-electron chi connectivity index (χ0n) is 10.6. The van der Waals surface area contributed by atoms with Gasteiger partial charge in [0.2, 0.25) is 0 Å². The van der Waals surface area contributed by atoms with Crippen LogP contribution in [0.25, 0.3) is 11.3 Å². The fourth-order valence-corrected chi connectivity index (χ4v) is 1.68. The second kappa shape index (κ2) is 5.05. The first-order valence-electron chi connectivity index (χ1n) is 5.63. The molecule has 0 N–H and O–H groups in total. The lowest BCUT2D eigenvalue weighted by Crippen LogP contribution is -2.16. The highest BCUT2D eigenvalue weighted by molar-refractivity contribution is 6.29. The molecule has 0 amide bonds. The van der Waals surface area contributed by atoms with Crippen molar-refractivity contribution in [1.29, 1.82) is 0 Å². The van der Waals surface area contributed by atoms with Gasteiger partial charge in [-0.05, 0) is 42.8 Å². The van der Waals surface area contributed by atoms with Gasteiger partial charge >= 0.3 is 6.36 Å². The van der Waals surface area contributed by atoms with Crippen LogP contribution in [-0.2, 0) is 0 Å². The largest absolute Gasteiger partial charge is 0.573 e. The van der Waals surface area contributed by atoms with Crippen LogP contribution in [0, 0.1) is 6.92 Å². The summed E-state index contributed by atoms with van der Waals surface area (Å²) in [6.07, 6.45) is -4.79. The Bertz CT molecular complexity index is 649. The quantitative estimate of drug-likeness (QED) is 0.838. The van der Waals surface area contributed by atoms with E-state index in [2.05, 4.69) is 14.9 Å². The first-order valence-corrected chi connectivity index (χ1v) is 5.50. The lowest BCUT2D eigenvalue weighted by Gasteiger charge is -2.09. The molecule has 19 heavy (non-hydrogen) atoms. The van der Waals surface area contributed by atoms with Crippen LogP contribution in [0.4, 0.5) is 13.2 Å². The molecule has 100 valence electrons. The van der Waals surface area contributed by atoms with Crippen LogP contribution in [0.5, 0.6) is 5.75 Å². The van der Waals surface area contributed by atoms with Gasteiger partial charge in [0, 0.05) is 5.56 Å². The van der Waals surface area contributed by atoms with E-state index in [4.69, 9.17) is 13.0 Å². The third-order valence-corrected chi connectivity index (χ3v) is 2.41. The van der Waals surface area contributed by atoms with Crippen LogP contribution in [0.3, 0.4) is 0 Å². The van der Waals surface area contributed by atoms with Crippen molar-refractivity contribution < 1.29 is 19.3 Å². The van der Waals surface area contributed by atoms with Gasteiger partial charge in [0.05, 0.1) is 7.06 Å². The van der Waals surface area contributed by atoms with Gasteiger partial charge in [-0.25, -0.2) is 0 Å². The molecule has 0 radical (unpaired) electrons. The fourth-order valence-electron chi connectivity index (χ4n) is 1.47. The van der Waals surface area contributed by atoms with Gasteiger partial charge in [0.1, 0.15) is 5.75 Å². The van der Waals surface area contributed by atoms with E-state index in [9.17, 15) is 13.2 Å². The molecule has 2 aromatic rings. The van der Waals surface area contributed by atoms with Crippen molar-refractivity contribution >= 4 is 11.6 Å². The smallest absolute Gasteiger partial charge is 0.406 e. The second-order valence-corrected chi connectivity index (χ2v) is 4.07. The van der Waals surface area contributed by atoms with Gasteiger partial charge in [-0.3, -0.25) is 0 Å². The summed E-state index contributed by atoms with van der Waals surface area (Å²) in [5.41, 5.74) is 1.40. The number of hydrogen-bond acceptors (Lipinski definition) is 3. The van der Waals surface area contributed by atoms with Crippen molar-refractivity contribution in [3.8, 4) is 17.0 Å². The number of alkyl halides is 3. The summed E-state index contributed by atoms with van der Waals surface area (Å²) in [4.78, 5) is 0. The number of benzene rings is 1. The van der Waals surface area contributed by atoms with E-state index in [1.165, 1.54) is 6.07 Å². The minimum absolute atomic E-state index is 0.147. The van der Waals surface area contributed by atoms with E-state index in [-0.39, 0.29) is 11.2 Å². The van der Waals surface area contributed by atoms with E-state index in [1.54, 1.807) is 13.0 Å². The minimum Gasteiger partial charge on any atom is -0.406 e. The van der Waals surface area contributed by atoms with Crippen LogP contribution >= 0.6 is 11.6 Å². The monoisotopic (exact) mass is 289 g/mol. The Balaban J connectivity index is 2.39. The van der Waals surface area contributed by atoms with E-state index in [0.29, 0.717) is 16.8 Å². The van der Waals surface area contributed by atoms with Crippen LogP contribution in [0.2, 0.25) is 5.15 Å². The molecule has 1 aromatic heterocycles. The third kappa shape index (κ3) is 3.57. The number of nitrogens with zero attached hydrogens (tertiary/aromatic N) is 2. The molecule has 0 saturated heterocycles. The van der Waals surface area contributed by atoms with Gasteiger partial charge in [-0.2, -0.15) is 0 Å². The molecule has 1 aromatic carbocycles. The number of hydrogen-bond donors (Lipinski definition) is 0. The molecule has 0 unspecified atom stereocenters. The summed E-state index contributed by atoms with van der Waals surface area (Å²) in [5, 5.41) is 7.71. The zero-order valence-corrected chi connectivity index (χ0v) is 10.4. The van der Waals surface area contributed by atoms with Crippen LogP contribution in [0.15, 0.2) is 30.3 Å². The highest BCUT2D eigenvalue weighted by Gasteiger charge is 2.30. The van der Waals surface area contributed by atoms with Crippen LogP contribution in [-0.4, -0.2) is 16.6 Å². The van der Waals surface area contributed by atoms with Crippen molar-refractivity contribution in [3.63, 3.8) is 0 Å². The molecule has 0 bridgehead atoms. The highest BCUT2D eigenvalue weighted by atomic mass is 35.5. The third-order valence-electron chi connectivity index (χ3n) is 2.23. The average molecular weight is 290 g/mol. The van der Waals surface area contributed by atoms with Crippen LogP contribution in [0.1, 0.15) is 6.93 Å². The Morgan fingerprint density at radius 3 is 2.58 bits per heavy atom. The van der Waals surface area contributed by atoms with E-state index in [1.807, 2.05) is 0 Å². The van der Waals surface area contributed by atoms with Gasteiger partial charge in [0.25, 0.3) is 0 Å². The lowest BCUT2D eigenvalue weighted by molar-refractivity contribution is -0.274. The molecular formula is C12H8ClF3N2O. The highest BCUT2D eigenvalue weighted by Crippen LogP contribution is 2.27. The van der Waals surface area contributed by atoms with Gasteiger partial charge in [0.15, 0.2) is 5.15 Å². The molecule has 0 aliphatic heterocycles. The zero-order chi connectivity index (χ0) is 14.9. The molecule has 0 fully saturated rings. The molecule has 2 rings (SSSR count). The van der Waals surface area contributed by atoms with Crippen LogP contribution < -0.4 is 4.74 Å². The number of aryl methyl sites for hydroxylation is 1. The topological polar surface area (TPSA) is 35.0 Å². The molecular weight excluding hydrogens is 281 g/mol. The second-order valence-electron chi connectivity index (χ2n) is 3.68. The van der Waals surface area contributed by atoms with Gasteiger partial charge in [-0.1, -0.05) is 11.6 Å². The number of rotatable bonds is 2. The summed E-state index contributed by atoms with van der Waals surface area (Å²) in [6, 6.07) is 4.83. The van der Waals surface area contributed by atoms with Crippen molar-refractivity contribution in [2.75, 3.05) is 0 Å². The van der Waals surface area contributed by atoms with E-state index in [0.717, 1.165) is 12.1 Å². The Morgan fingerprint density at radius 1 is 1.26 bits per heavy atom. The Hall–Kier alpha value is -1.82. The molecule has 7 heteroatoms. The Kier molecular flexibility index (Phi) is 3.25. The lowest BCUT2D eigenvalue weighted by atomic mass is 10.1. The average Bonchev–Trinajstić information content (AvgIpc) is 2.28. The molecule has 0 atom stereocenters. The molecule has 0 aliphatic rings. The van der Waals surface area contributed by atoms with Crippen molar-refractivity contribution in [2.45, 2.75) is 13.3 Å². The number of ether oxygens (including phenoxy) is 1. The predicted molar refractivity (Wildman–Crippen MR) is 63.9 cm³/mol. The first-order chi connectivity index (χ1) is 9.26. The summed E-state index contributed by atoms with van der Waals surface area (Å²) in [6.45, 7) is 1.72. The predicted octanol–water partition coefficient (Wildman–Crippen LogP) is 4.00. The summed E-state index contributed by atoms with van der Waals surface area (Å²) in [5.74, 6) is -0.453. The minimum atomic E-state index is -4.79. The molecule has 3 nitrogen and oxygen atoms in total. The first kappa shape index (κ1) is 12.2. The SMILES string of the molecule is [2H]c1cc(OC(F)(F)F)ccc1-c1nnc(Cl)cc1C. The molecule has 0 spiro atoms. The Morgan fingerprint density at radius 2 is 2.00 bits per heavy atom. The maximum absolute atomic E-state index is 12.1. The standard InChI is InChI=1S/C12H8ClF3N2O/c1-7-6-10(13)17-18-11(7)8-2-4-9(5-3-8)19-12(14,15)16/h2-6H,1H3/i2D. The number of halogens is 4. The van der Waals surface area contributed by atoms with E-state index < -0.39 is 12.1 Å². The summed E-state index contributed by atoms with van der Waals surface area (Å²) < 4.78 is 47.8. The van der Waals surface area contributed by atoms with Crippen molar-refractivity contribution in [2.24, 2.45) is 0 Å². The van der Waals surface area contributed by atoms with Crippen molar-refractivity contribution in [1.82, 2.24) is 10.2 Å². The normalized spacial score (nSPS) is 12.2. The fraction of sp³-hybridized carbons (Fsp3) is 0.167. The van der Waals surface area contributed by atoms with E-state index >= 15 is 0 Å². The summed E-state index contributed by atoms with van der Waals surface area (Å²) >= 11 is 5.68.